The first-order valence-electron chi connectivity index (χ1n) is 31.8. The highest BCUT2D eigenvalue weighted by molar-refractivity contribution is 7.18. The largest absolute Gasteiger partial charge is 0.495 e. The molecule has 0 spiro atoms. The summed E-state index contributed by atoms with van der Waals surface area (Å²) in [5, 5.41) is 13.3. The Labute approximate surface area is 573 Å². The summed E-state index contributed by atoms with van der Waals surface area (Å²) in [7, 11) is 3.30. The molecule has 3 aromatic carbocycles. The summed E-state index contributed by atoms with van der Waals surface area (Å²) in [6.45, 7) is 18.2. The molecule has 502 valence electrons. The van der Waals surface area contributed by atoms with Gasteiger partial charge in [-0.15, -0.1) is 11.3 Å². The van der Waals surface area contributed by atoms with Gasteiger partial charge in [-0.1, -0.05) is 57.5 Å². The second-order valence-corrected chi connectivity index (χ2v) is 27.6. The number of aromatic nitrogens is 3. The van der Waals surface area contributed by atoms with E-state index in [1.807, 2.05) is 24.3 Å². The fourth-order valence-corrected chi connectivity index (χ4v) is 16.5. The van der Waals surface area contributed by atoms with Crippen molar-refractivity contribution in [2.45, 2.75) is 38.7 Å². The molecule has 6 fully saturated rings. The topological polar surface area (TPSA) is 220 Å². The number of hydrogen-bond acceptors (Lipinski definition) is 25. The number of thiazole rings is 3. The van der Waals surface area contributed by atoms with Crippen LogP contribution in [0, 0.1) is 5.92 Å². The lowest BCUT2D eigenvalue weighted by Crippen LogP contribution is -2.36. The lowest BCUT2D eigenvalue weighted by atomic mass is 10.0. The highest BCUT2D eigenvalue weighted by Crippen LogP contribution is 2.43. The van der Waals surface area contributed by atoms with Gasteiger partial charge in [-0.05, 0) is 78.4 Å². The molecule has 1 atom stereocenters. The maximum absolute atomic E-state index is 13.2. The molecule has 3 aliphatic carbocycles. The molecule has 15 rings (SSSR count). The van der Waals surface area contributed by atoms with Crippen molar-refractivity contribution in [3.05, 3.63) is 111 Å². The number of carbonyl (C=O) groups excluding carboxylic acids is 4. The van der Waals surface area contributed by atoms with Crippen LogP contribution in [0.4, 0.5) is 32.5 Å². The summed E-state index contributed by atoms with van der Waals surface area (Å²) < 4.78 is 43.6. The van der Waals surface area contributed by atoms with E-state index >= 15 is 0 Å². The van der Waals surface area contributed by atoms with Crippen molar-refractivity contribution in [3.8, 4) is 11.5 Å². The number of methoxy groups -OCH3 is 2. The zero-order chi connectivity index (χ0) is 65.2. The van der Waals surface area contributed by atoms with E-state index in [9.17, 15) is 24.3 Å². The first-order valence-corrected chi connectivity index (χ1v) is 35.4. The van der Waals surface area contributed by atoms with Crippen LogP contribution in [-0.4, -0.2) is 216 Å². The molecule has 1 N–H and O–H groups in total. The van der Waals surface area contributed by atoms with Crippen LogP contribution in [0.15, 0.2) is 42.0 Å². The van der Waals surface area contributed by atoms with E-state index in [-0.39, 0.29) is 29.9 Å². The molecule has 0 bridgehead atoms. The predicted octanol–water partition coefficient (Wildman–Crippen LogP) is 8.97. The van der Waals surface area contributed by atoms with Gasteiger partial charge in [-0.2, -0.15) is 0 Å². The van der Waals surface area contributed by atoms with Crippen molar-refractivity contribution in [1.82, 2.24) is 15.0 Å². The zero-order valence-corrected chi connectivity index (χ0v) is 57.4. The van der Waals surface area contributed by atoms with E-state index in [1.54, 1.807) is 25.6 Å². The minimum Gasteiger partial charge on any atom is -0.495 e. The number of ether oxygens (including phenoxy) is 8. The average molecular weight is 1410 g/mol. The second-order valence-electron chi connectivity index (χ2n) is 23.5. The normalized spacial score (nSPS) is 20.0. The minimum absolute atomic E-state index is 0.0206. The van der Waals surface area contributed by atoms with Gasteiger partial charge >= 0.3 is 0 Å². The third kappa shape index (κ3) is 15.7. The van der Waals surface area contributed by atoms with Gasteiger partial charge in [0.15, 0.2) is 44.2 Å². The van der Waals surface area contributed by atoms with Gasteiger partial charge in [0.25, 0.3) is 0 Å². The fraction of sp³-hybridized carbons (Fsp3) is 0.500. The Morgan fingerprint density at radius 2 is 0.957 bits per heavy atom. The highest BCUT2D eigenvalue weighted by Gasteiger charge is 2.35. The Bertz CT molecular complexity index is 3720. The SMILES string of the molecule is COc1cc2c(cc1N1CCOCC1)C/C(=C\c1sc(N3CCOCC3)nc1Cl)C2=O.COc1cc2c(cc1N1CCOCC1)CC(Cc1sc(N3CCOCC3)nc1Cl)C2=O.O=C1CCc2cc(N3CCOCC3)c(CO)cc21.O=Cc1sc(N2CCOCC2)nc1Cl. The van der Waals surface area contributed by atoms with E-state index in [1.165, 1.54) is 22.7 Å². The summed E-state index contributed by atoms with van der Waals surface area (Å²) >= 11 is 23.1. The van der Waals surface area contributed by atoms with E-state index in [0.29, 0.717) is 111 Å². The second kappa shape index (κ2) is 31.9. The predicted molar refractivity (Wildman–Crippen MR) is 367 cm³/mol. The van der Waals surface area contributed by atoms with Crippen molar-refractivity contribution in [1.29, 1.82) is 0 Å². The Hall–Kier alpha value is -6.04. The molecule has 9 aliphatic rings. The third-order valence-corrected chi connectivity index (χ3v) is 22.3. The Balaban J connectivity index is 0.000000126. The number of benzene rings is 3. The van der Waals surface area contributed by atoms with Crippen molar-refractivity contribution in [3.63, 3.8) is 0 Å². The highest BCUT2D eigenvalue weighted by atomic mass is 35.5. The van der Waals surface area contributed by atoms with E-state index < -0.39 is 0 Å². The molecular weight excluding hydrogens is 1330 g/mol. The van der Waals surface area contributed by atoms with Crippen LogP contribution in [-0.2, 0) is 60.7 Å². The number of halogens is 3. The number of carbonyl (C=O) groups is 4. The van der Waals surface area contributed by atoms with E-state index in [2.05, 4.69) is 62.6 Å². The number of aliphatic hydroxyl groups excluding tert-OH is 1. The lowest BCUT2D eigenvalue weighted by molar-refractivity contribution is 0.0934. The number of morpholine rings is 6. The quantitative estimate of drug-likeness (QED) is 0.0842. The summed E-state index contributed by atoms with van der Waals surface area (Å²) in [5.74, 6) is 1.75. The summed E-state index contributed by atoms with van der Waals surface area (Å²) in [6, 6.07) is 12.0. The van der Waals surface area contributed by atoms with Crippen LogP contribution >= 0.6 is 68.8 Å². The molecule has 6 saturated heterocycles. The molecule has 1 unspecified atom stereocenters. The van der Waals surface area contributed by atoms with Crippen LogP contribution in [0.5, 0.6) is 11.5 Å². The van der Waals surface area contributed by atoms with Crippen molar-refractivity contribution >= 4 is 131 Å². The summed E-state index contributed by atoms with van der Waals surface area (Å²) in [6.07, 6.45) is 5.98. The van der Waals surface area contributed by atoms with Crippen LogP contribution in [0.25, 0.3) is 6.08 Å². The number of Topliss-reactive ketones (excluding diaryl/α,β-unsaturated/α-hetero) is 3. The number of fused-ring (bicyclic) bond motifs is 3. The van der Waals surface area contributed by atoms with E-state index in [0.717, 1.165) is 204 Å². The number of hydrogen-bond donors (Lipinski definition) is 1. The van der Waals surface area contributed by atoms with Gasteiger partial charge in [0, 0.05) is 136 Å². The van der Waals surface area contributed by atoms with Crippen LogP contribution < -0.4 is 38.9 Å². The number of nitrogens with zero attached hydrogens (tertiary/aromatic N) is 9. The van der Waals surface area contributed by atoms with Gasteiger partial charge in [0.05, 0.1) is 116 Å². The average Bonchev–Trinajstić information content (AvgIpc) is 1.60. The van der Waals surface area contributed by atoms with E-state index in [4.69, 9.17) is 72.7 Å². The maximum atomic E-state index is 13.2. The van der Waals surface area contributed by atoms with Crippen molar-refractivity contribution < 1.29 is 62.2 Å². The van der Waals surface area contributed by atoms with Crippen molar-refractivity contribution in [2.24, 2.45) is 5.92 Å². The molecule has 0 saturated carbocycles. The molecule has 6 aromatic rings. The summed E-state index contributed by atoms with van der Waals surface area (Å²) in [4.78, 5) is 77.3. The lowest BCUT2D eigenvalue weighted by Gasteiger charge is -2.30. The Morgan fingerprint density at radius 1 is 0.521 bits per heavy atom. The maximum Gasteiger partial charge on any atom is 0.189 e. The first-order chi connectivity index (χ1) is 45.9. The summed E-state index contributed by atoms with van der Waals surface area (Å²) in [5.41, 5.74) is 10.2. The molecular formula is C66H76Cl3N9O13S3. The number of anilines is 6. The van der Waals surface area contributed by atoms with Gasteiger partial charge in [0.1, 0.15) is 26.7 Å². The number of ketones is 3. The number of aldehydes is 1. The van der Waals surface area contributed by atoms with Gasteiger partial charge in [-0.3, -0.25) is 19.2 Å². The van der Waals surface area contributed by atoms with Gasteiger partial charge in [0.2, 0.25) is 0 Å². The third-order valence-electron chi connectivity index (χ3n) is 17.8. The van der Waals surface area contributed by atoms with Crippen molar-refractivity contribution in [2.75, 3.05) is 201 Å². The molecule has 0 amide bonds. The standard InChI is InChI=1S/C22H26ClN3O4S.C22H24ClN3O4S.C14H17NO3.C8H9ClN2O2S/c2*1-28-18-13-16-14(11-17(18)25-2-6-29-7-3-25)10-15(20(16)27)12-19-21(23)24-22(31-19)26-4-8-30-9-5-26;16-9-11-7-12-10(1-2-14(12)17)8-13(11)15-3-5-18-6-4-15;9-7-6(5-12)14-8(10-7)11-1-3-13-4-2-11/h11,13,15H,2-10,12H2,1H3;11-13H,2-10H2,1H3;7-8,16H,1-6,9H2;5H,1-4H2/b;15-12+;;. The van der Waals surface area contributed by atoms with Gasteiger partial charge < -0.3 is 72.4 Å². The molecule has 9 heterocycles. The number of aryl methyl sites for hydroxylation is 1. The fourth-order valence-electron chi connectivity index (χ4n) is 12.7. The monoisotopic (exact) mass is 1400 g/mol. The molecule has 28 heteroatoms. The van der Waals surface area contributed by atoms with Gasteiger partial charge in [-0.25, -0.2) is 15.0 Å². The molecule has 0 radical (unpaired) electrons. The van der Waals surface area contributed by atoms with Crippen LogP contribution in [0.3, 0.4) is 0 Å². The van der Waals surface area contributed by atoms with Crippen LogP contribution in [0.2, 0.25) is 15.5 Å². The molecule has 94 heavy (non-hydrogen) atoms. The first kappa shape index (κ1) is 67.9. The zero-order valence-electron chi connectivity index (χ0n) is 52.6. The molecule has 22 nitrogen and oxygen atoms in total. The smallest absolute Gasteiger partial charge is 0.189 e. The molecule has 6 aliphatic heterocycles. The van der Waals surface area contributed by atoms with Crippen LogP contribution in [0.1, 0.15) is 79.2 Å². The number of allylic oxidation sites excluding steroid dienone is 1. The number of aliphatic hydroxyl groups is 1. The molecule has 3 aromatic heterocycles. The minimum atomic E-state index is -0.116. The Kier molecular flexibility index (Phi) is 23.0. The Morgan fingerprint density at radius 3 is 1.45 bits per heavy atom. The number of rotatable bonds is 13.